The van der Waals surface area contributed by atoms with Crippen LogP contribution in [0, 0.1) is 18.3 Å². The molecule has 0 aliphatic carbocycles. The highest BCUT2D eigenvalue weighted by Crippen LogP contribution is 2.48. The normalized spacial score (nSPS) is 17.0. The summed E-state index contributed by atoms with van der Waals surface area (Å²) in [7, 11) is 0. The maximum atomic E-state index is 9.79. The van der Waals surface area contributed by atoms with E-state index in [1.165, 1.54) is 5.56 Å². The SMILES string of the molecule is Cc1ccc(-c2[nH]nc3c2[C@H]([C@@H](C)c2ccccc2)C(C#N)=C(N)O3)cc1. The Morgan fingerprint density at radius 2 is 1.85 bits per heavy atom. The van der Waals surface area contributed by atoms with Crippen LogP contribution in [0.3, 0.4) is 0 Å². The third kappa shape index (κ3) is 2.85. The lowest BCUT2D eigenvalue weighted by Gasteiger charge is -2.28. The predicted molar refractivity (Wildman–Crippen MR) is 104 cm³/mol. The first-order chi connectivity index (χ1) is 13.1. The van der Waals surface area contributed by atoms with Gasteiger partial charge in [-0.2, -0.15) is 5.26 Å². The second-order valence-corrected chi connectivity index (χ2v) is 6.85. The largest absolute Gasteiger partial charge is 0.420 e. The van der Waals surface area contributed by atoms with E-state index >= 15 is 0 Å². The number of nitrogens with one attached hydrogen (secondary N) is 1. The second-order valence-electron chi connectivity index (χ2n) is 6.85. The van der Waals surface area contributed by atoms with Crippen molar-refractivity contribution in [3.8, 4) is 23.2 Å². The zero-order valence-corrected chi connectivity index (χ0v) is 15.2. The molecule has 27 heavy (non-hydrogen) atoms. The van der Waals surface area contributed by atoms with Gasteiger partial charge in [0.1, 0.15) is 6.07 Å². The minimum Gasteiger partial charge on any atom is -0.420 e. The van der Waals surface area contributed by atoms with Crippen molar-refractivity contribution in [3.05, 3.63) is 82.7 Å². The van der Waals surface area contributed by atoms with Crippen LogP contribution < -0.4 is 10.5 Å². The van der Waals surface area contributed by atoms with Crippen molar-refractivity contribution in [2.24, 2.45) is 5.73 Å². The first-order valence-corrected chi connectivity index (χ1v) is 8.88. The number of nitrogens with zero attached hydrogens (tertiary/aromatic N) is 2. The number of allylic oxidation sites excluding steroid dienone is 1. The molecular formula is C22H20N4O. The minimum absolute atomic E-state index is 0.0313. The predicted octanol–water partition coefficient (Wildman–Crippen LogP) is 4.36. The topological polar surface area (TPSA) is 87.7 Å². The molecule has 1 aromatic heterocycles. The van der Waals surface area contributed by atoms with Crippen molar-refractivity contribution in [2.45, 2.75) is 25.7 Å². The number of nitriles is 1. The molecule has 0 radical (unpaired) electrons. The van der Waals surface area contributed by atoms with Gasteiger partial charge in [-0.3, -0.25) is 5.10 Å². The van der Waals surface area contributed by atoms with Crippen LogP contribution in [0.4, 0.5) is 0 Å². The second kappa shape index (κ2) is 6.65. The van der Waals surface area contributed by atoms with E-state index in [0.29, 0.717) is 11.5 Å². The summed E-state index contributed by atoms with van der Waals surface area (Å²) < 4.78 is 5.67. The van der Waals surface area contributed by atoms with Gasteiger partial charge in [0.05, 0.1) is 16.8 Å². The van der Waals surface area contributed by atoms with Gasteiger partial charge in [-0.05, 0) is 24.0 Å². The number of aromatic amines is 1. The highest BCUT2D eigenvalue weighted by molar-refractivity contribution is 5.69. The number of nitrogens with two attached hydrogens (primary N) is 1. The molecule has 4 rings (SSSR count). The standard InChI is InChI=1S/C22H20N4O/c1-13-8-10-16(11-9-13)20-19-18(14(2)15-6-4-3-5-7-15)17(12-23)21(24)27-22(19)26-25-20/h3-11,14,18H,24H2,1-2H3,(H,25,26)/t14-,18+/m0/s1. The third-order valence-electron chi connectivity index (χ3n) is 5.15. The Kier molecular flexibility index (Phi) is 4.17. The van der Waals surface area contributed by atoms with Gasteiger partial charge >= 0.3 is 0 Å². The van der Waals surface area contributed by atoms with Gasteiger partial charge in [0.15, 0.2) is 0 Å². The van der Waals surface area contributed by atoms with E-state index in [4.69, 9.17) is 10.5 Å². The van der Waals surface area contributed by atoms with Crippen molar-refractivity contribution in [2.75, 3.05) is 0 Å². The fraction of sp³-hybridized carbons (Fsp3) is 0.182. The van der Waals surface area contributed by atoms with E-state index in [1.807, 2.05) is 37.3 Å². The summed E-state index contributed by atoms with van der Waals surface area (Å²) in [6.07, 6.45) is 0. The number of hydrogen-bond donors (Lipinski definition) is 2. The van der Waals surface area contributed by atoms with Gasteiger partial charge in [-0.1, -0.05) is 67.1 Å². The smallest absolute Gasteiger partial charge is 0.244 e. The zero-order chi connectivity index (χ0) is 19.0. The zero-order valence-electron chi connectivity index (χ0n) is 15.2. The number of aryl methyl sites for hydroxylation is 1. The van der Waals surface area contributed by atoms with Crippen LogP contribution in [0.5, 0.6) is 5.88 Å². The van der Waals surface area contributed by atoms with Crippen LogP contribution in [0.15, 0.2) is 66.1 Å². The summed E-state index contributed by atoms with van der Waals surface area (Å²) in [5.74, 6) is 0.356. The molecule has 2 heterocycles. The molecule has 0 unspecified atom stereocenters. The first-order valence-electron chi connectivity index (χ1n) is 8.88. The molecule has 134 valence electrons. The molecule has 2 aromatic carbocycles. The lowest BCUT2D eigenvalue weighted by atomic mass is 9.76. The van der Waals surface area contributed by atoms with E-state index in [2.05, 4.69) is 47.5 Å². The molecule has 2 atom stereocenters. The molecule has 3 aromatic rings. The molecule has 0 spiro atoms. The quantitative estimate of drug-likeness (QED) is 0.730. The summed E-state index contributed by atoms with van der Waals surface area (Å²) in [6, 6.07) is 20.6. The summed E-state index contributed by atoms with van der Waals surface area (Å²) in [6.45, 7) is 4.15. The number of hydrogen-bond acceptors (Lipinski definition) is 4. The van der Waals surface area contributed by atoms with Crippen LogP contribution >= 0.6 is 0 Å². The average molecular weight is 356 g/mol. The number of aromatic nitrogens is 2. The van der Waals surface area contributed by atoms with Crippen LogP contribution in [0.1, 0.15) is 35.4 Å². The third-order valence-corrected chi connectivity index (χ3v) is 5.15. The Labute approximate surface area is 158 Å². The monoisotopic (exact) mass is 356 g/mol. The molecule has 0 amide bonds. The maximum Gasteiger partial charge on any atom is 0.244 e. The van der Waals surface area contributed by atoms with Gasteiger partial charge < -0.3 is 10.5 Å². The Morgan fingerprint density at radius 3 is 2.52 bits per heavy atom. The number of fused-ring (bicyclic) bond motifs is 1. The minimum atomic E-state index is -0.240. The van der Waals surface area contributed by atoms with Crippen LogP contribution in [0.2, 0.25) is 0 Å². The molecule has 3 N–H and O–H groups in total. The summed E-state index contributed by atoms with van der Waals surface area (Å²) in [4.78, 5) is 0. The van der Waals surface area contributed by atoms with Crippen molar-refractivity contribution in [1.82, 2.24) is 10.2 Å². The lowest BCUT2D eigenvalue weighted by Crippen LogP contribution is -2.23. The molecule has 5 nitrogen and oxygen atoms in total. The molecule has 1 aliphatic rings. The fourth-order valence-corrected chi connectivity index (χ4v) is 3.67. The Hall–Kier alpha value is -3.52. The summed E-state index contributed by atoms with van der Waals surface area (Å²) >= 11 is 0. The molecule has 0 bridgehead atoms. The molecule has 5 heteroatoms. The van der Waals surface area contributed by atoms with E-state index in [-0.39, 0.29) is 17.7 Å². The number of rotatable bonds is 3. The summed E-state index contributed by atoms with van der Waals surface area (Å²) in [5.41, 5.74) is 11.5. The van der Waals surface area contributed by atoms with Gasteiger partial charge in [0, 0.05) is 5.92 Å². The van der Waals surface area contributed by atoms with Crippen molar-refractivity contribution >= 4 is 0 Å². The van der Waals surface area contributed by atoms with E-state index in [1.54, 1.807) is 0 Å². The number of benzene rings is 2. The van der Waals surface area contributed by atoms with Gasteiger partial charge in [0.25, 0.3) is 0 Å². The van der Waals surface area contributed by atoms with Crippen LogP contribution in [-0.2, 0) is 0 Å². The van der Waals surface area contributed by atoms with Crippen LogP contribution in [0.25, 0.3) is 11.3 Å². The lowest BCUT2D eigenvalue weighted by molar-refractivity contribution is 0.368. The Balaban J connectivity index is 1.89. The highest BCUT2D eigenvalue weighted by atomic mass is 16.5. The van der Waals surface area contributed by atoms with Gasteiger partial charge in [-0.25, -0.2) is 0 Å². The Bertz CT molecular complexity index is 1040. The number of H-pyrrole nitrogens is 1. The van der Waals surface area contributed by atoms with E-state index < -0.39 is 0 Å². The average Bonchev–Trinajstić information content (AvgIpc) is 3.11. The van der Waals surface area contributed by atoms with E-state index in [9.17, 15) is 5.26 Å². The molecule has 0 fully saturated rings. The molecule has 0 saturated carbocycles. The van der Waals surface area contributed by atoms with Crippen LogP contribution in [-0.4, -0.2) is 10.2 Å². The van der Waals surface area contributed by atoms with E-state index in [0.717, 1.165) is 22.4 Å². The maximum absolute atomic E-state index is 9.79. The Morgan fingerprint density at radius 1 is 1.15 bits per heavy atom. The van der Waals surface area contributed by atoms with Crippen molar-refractivity contribution in [1.29, 1.82) is 5.26 Å². The fourth-order valence-electron chi connectivity index (χ4n) is 3.67. The van der Waals surface area contributed by atoms with Gasteiger partial charge in [0.2, 0.25) is 11.8 Å². The number of ether oxygens (including phenoxy) is 1. The molecule has 0 saturated heterocycles. The summed E-state index contributed by atoms with van der Waals surface area (Å²) in [5, 5.41) is 17.2. The molecular weight excluding hydrogens is 336 g/mol. The molecule has 1 aliphatic heterocycles. The first kappa shape index (κ1) is 16.9. The van der Waals surface area contributed by atoms with Crippen molar-refractivity contribution < 1.29 is 4.74 Å². The highest BCUT2D eigenvalue weighted by Gasteiger charge is 2.38. The van der Waals surface area contributed by atoms with Gasteiger partial charge in [-0.15, -0.1) is 5.10 Å². The van der Waals surface area contributed by atoms with Crippen molar-refractivity contribution in [3.63, 3.8) is 0 Å².